The summed E-state index contributed by atoms with van der Waals surface area (Å²) in [5.41, 5.74) is 1.01. The van der Waals surface area contributed by atoms with Crippen molar-refractivity contribution >= 4 is 11.4 Å². The van der Waals surface area contributed by atoms with Gasteiger partial charge in [0.15, 0.2) is 5.69 Å². The van der Waals surface area contributed by atoms with Gasteiger partial charge in [-0.2, -0.15) is 5.10 Å². The van der Waals surface area contributed by atoms with Crippen LogP contribution in [0.2, 0.25) is 0 Å². The molecule has 2 N–H and O–H groups in total. The minimum Gasteiger partial charge on any atom is -0.385 e. The molecule has 2 aromatic rings. The van der Waals surface area contributed by atoms with Gasteiger partial charge in [0.25, 0.3) is 11.5 Å². The number of hydrogen-bond acceptors (Lipinski definition) is 4. The molecule has 0 fully saturated rings. The number of aromatic nitrogens is 3. The fraction of sp³-hybridized carbons (Fsp3) is 0.417. The minimum atomic E-state index is -0.295. The summed E-state index contributed by atoms with van der Waals surface area (Å²) in [6.07, 6.45) is 2.40. The van der Waals surface area contributed by atoms with Crippen molar-refractivity contribution in [2.75, 3.05) is 20.3 Å². The van der Waals surface area contributed by atoms with Gasteiger partial charge in [0, 0.05) is 38.2 Å². The second-order valence-electron chi connectivity index (χ2n) is 4.23. The first-order chi connectivity index (χ1) is 9.11. The number of carbonyl (C=O) groups is 1. The molecule has 0 aliphatic heterocycles. The minimum absolute atomic E-state index is 0.230. The summed E-state index contributed by atoms with van der Waals surface area (Å²) in [6.45, 7) is 2.85. The number of nitrogens with zero attached hydrogens (tertiary/aromatic N) is 2. The highest BCUT2D eigenvalue weighted by Gasteiger charge is 2.12. The van der Waals surface area contributed by atoms with E-state index in [9.17, 15) is 9.59 Å². The Kier molecular flexibility index (Phi) is 3.96. The van der Waals surface area contributed by atoms with E-state index < -0.39 is 0 Å². The lowest BCUT2D eigenvalue weighted by Gasteiger charge is -2.01. The monoisotopic (exact) mass is 264 g/mol. The summed E-state index contributed by atoms with van der Waals surface area (Å²) in [6, 6.07) is 1.48. The molecule has 0 aliphatic rings. The Morgan fingerprint density at radius 3 is 3.11 bits per heavy atom. The predicted octanol–water partition coefficient (Wildman–Crippen LogP) is 0.0973. The fourth-order valence-electron chi connectivity index (χ4n) is 1.74. The lowest BCUT2D eigenvalue weighted by atomic mass is 10.3. The summed E-state index contributed by atoms with van der Waals surface area (Å²) in [5.74, 6) is -0.295. The zero-order valence-electron chi connectivity index (χ0n) is 10.9. The van der Waals surface area contributed by atoms with E-state index in [1.165, 1.54) is 10.6 Å². The molecule has 7 heteroatoms. The first-order valence-electron chi connectivity index (χ1n) is 5.98. The molecule has 0 atom stereocenters. The maximum absolute atomic E-state index is 11.8. The second-order valence-corrected chi connectivity index (χ2v) is 4.23. The van der Waals surface area contributed by atoms with Crippen molar-refractivity contribution in [1.29, 1.82) is 0 Å². The van der Waals surface area contributed by atoms with Crippen LogP contribution < -0.4 is 10.9 Å². The van der Waals surface area contributed by atoms with Crippen LogP contribution in [0.5, 0.6) is 0 Å². The van der Waals surface area contributed by atoms with Gasteiger partial charge in [-0.3, -0.25) is 9.59 Å². The van der Waals surface area contributed by atoms with Crippen LogP contribution in [0.25, 0.3) is 5.52 Å². The molecule has 0 radical (unpaired) electrons. The van der Waals surface area contributed by atoms with E-state index in [4.69, 9.17) is 4.74 Å². The number of H-pyrrole nitrogens is 1. The number of rotatable bonds is 5. The first-order valence-corrected chi connectivity index (χ1v) is 5.98. The molecule has 2 aromatic heterocycles. The molecule has 0 aliphatic carbocycles. The van der Waals surface area contributed by atoms with Crippen LogP contribution in [0.4, 0.5) is 0 Å². The number of hydrogen-bond donors (Lipinski definition) is 2. The van der Waals surface area contributed by atoms with E-state index in [1.54, 1.807) is 20.2 Å². The number of aryl methyl sites for hydroxylation is 1. The molecule has 2 heterocycles. The Morgan fingerprint density at radius 2 is 2.37 bits per heavy atom. The third kappa shape index (κ3) is 3.00. The maximum Gasteiger partial charge on any atom is 0.274 e. The second kappa shape index (κ2) is 5.66. The summed E-state index contributed by atoms with van der Waals surface area (Å²) in [5, 5.41) is 6.81. The maximum atomic E-state index is 11.8. The standard InChI is InChI=1S/C12H16N4O3/c1-8-7-16-10(12(18)14-8)6-9(15-16)11(17)13-4-3-5-19-2/h6-7H,3-5H2,1-2H3,(H,13,17)(H,14,18). The lowest BCUT2D eigenvalue weighted by Crippen LogP contribution is -2.25. The number of methoxy groups -OCH3 is 1. The van der Waals surface area contributed by atoms with Crippen molar-refractivity contribution in [2.24, 2.45) is 0 Å². The van der Waals surface area contributed by atoms with Crippen molar-refractivity contribution < 1.29 is 9.53 Å². The van der Waals surface area contributed by atoms with Gasteiger partial charge in [-0.1, -0.05) is 0 Å². The van der Waals surface area contributed by atoms with E-state index in [1.807, 2.05) is 0 Å². The molecule has 102 valence electrons. The topological polar surface area (TPSA) is 88.5 Å². The van der Waals surface area contributed by atoms with E-state index in [0.717, 1.165) is 6.42 Å². The molecule has 0 bridgehead atoms. The third-order valence-electron chi connectivity index (χ3n) is 2.64. The molecule has 0 spiro atoms. The van der Waals surface area contributed by atoms with Gasteiger partial charge in [0.2, 0.25) is 0 Å². The molecular weight excluding hydrogens is 248 g/mol. The zero-order valence-corrected chi connectivity index (χ0v) is 10.9. The quantitative estimate of drug-likeness (QED) is 0.749. The average molecular weight is 264 g/mol. The summed E-state index contributed by atoms with van der Waals surface area (Å²) < 4.78 is 6.30. The van der Waals surface area contributed by atoms with Crippen molar-refractivity contribution in [2.45, 2.75) is 13.3 Å². The van der Waals surface area contributed by atoms with Gasteiger partial charge < -0.3 is 15.0 Å². The Hall–Kier alpha value is -2.15. The van der Waals surface area contributed by atoms with Gasteiger partial charge in [-0.05, 0) is 13.3 Å². The summed E-state index contributed by atoms with van der Waals surface area (Å²) >= 11 is 0. The van der Waals surface area contributed by atoms with E-state index in [0.29, 0.717) is 24.4 Å². The van der Waals surface area contributed by atoms with Crippen LogP contribution in [0.1, 0.15) is 22.6 Å². The van der Waals surface area contributed by atoms with Gasteiger partial charge in [-0.15, -0.1) is 0 Å². The van der Waals surface area contributed by atoms with Crippen molar-refractivity contribution in [3.05, 3.63) is 34.0 Å². The number of carbonyl (C=O) groups excluding carboxylic acids is 1. The van der Waals surface area contributed by atoms with Crippen LogP contribution in [0.3, 0.4) is 0 Å². The molecule has 0 saturated heterocycles. The Balaban J connectivity index is 2.15. The average Bonchev–Trinajstić information content (AvgIpc) is 2.78. The fourth-order valence-corrected chi connectivity index (χ4v) is 1.74. The molecule has 0 saturated carbocycles. The number of ether oxygens (including phenoxy) is 1. The molecular formula is C12H16N4O3. The summed E-state index contributed by atoms with van der Waals surface area (Å²) in [4.78, 5) is 26.2. The lowest BCUT2D eigenvalue weighted by molar-refractivity contribution is 0.0943. The largest absolute Gasteiger partial charge is 0.385 e. The van der Waals surface area contributed by atoms with Crippen LogP contribution in [-0.4, -0.2) is 40.8 Å². The van der Waals surface area contributed by atoms with Crippen LogP contribution in [0.15, 0.2) is 17.1 Å². The predicted molar refractivity (Wildman–Crippen MR) is 69.4 cm³/mol. The Bertz CT molecular complexity index is 644. The number of aromatic amines is 1. The van der Waals surface area contributed by atoms with Crippen molar-refractivity contribution in [1.82, 2.24) is 19.9 Å². The van der Waals surface area contributed by atoms with Gasteiger partial charge in [0.1, 0.15) is 5.52 Å². The Morgan fingerprint density at radius 1 is 1.58 bits per heavy atom. The molecule has 19 heavy (non-hydrogen) atoms. The van der Waals surface area contributed by atoms with E-state index >= 15 is 0 Å². The van der Waals surface area contributed by atoms with Gasteiger partial charge in [0.05, 0.1) is 0 Å². The van der Waals surface area contributed by atoms with Crippen molar-refractivity contribution in [3.63, 3.8) is 0 Å². The normalized spacial score (nSPS) is 10.8. The van der Waals surface area contributed by atoms with Crippen LogP contribution in [0, 0.1) is 6.92 Å². The smallest absolute Gasteiger partial charge is 0.274 e. The van der Waals surface area contributed by atoms with E-state index in [2.05, 4.69) is 15.4 Å². The highest BCUT2D eigenvalue weighted by atomic mass is 16.5. The number of amides is 1. The zero-order chi connectivity index (χ0) is 13.8. The SMILES string of the molecule is COCCCNC(=O)c1cc2c(=O)[nH]c(C)cn2n1. The number of nitrogens with one attached hydrogen (secondary N) is 2. The van der Waals surface area contributed by atoms with Gasteiger partial charge in [-0.25, -0.2) is 4.52 Å². The highest BCUT2D eigenvalue weighted by Crippen LogP contribution is 2.02. The van der Waals surface area contributed by atoms with E-state index in [-0.39, 0.29) is 17.2 Å². The van der Waals surface area contributed by atoms with Crippen molar-refractivity contribution in [3.8, 4) is 0 Å². The molecule has 0 unspecified atom stereocenters. The number of fused-ring (bicyclic) bond motifs is 1. The molecule has 2 rings (SSSR count). The van der Waals surface area contributed by atoms with Crippen LogP contribution in [-0.2, 0) is 4.74 Å². The van der Waals surface area contributed by atoms with Gasteiger partial charge >= 0.3 is 0 Å². The summed E-state index contributed by atoms with van der Waals surface area (Å²) in [7, 11) is 1.61. The third-order valence-corrected chi connectivity index (χ3v) is 2.64. The molecule has 7 nitrogen and oxygen atoms in total. The first kappa shape index (κ1) is 13.3. The molecule has 1 amide bonds. The molecule has 0 aromatic carbocycles. The van der Waals surface area contributed by atoms with Crippen LogP contribution >= 0.6 is 0 Å². The Labute approximate surface area is 109 Å². The highest BCUT2D eigenvalue weighted by molar-refractivity contribution is 5.93.